The van der Waals surface area contributed by atoms with Crippen LogP contribution >= 0.6 is 0 Å². The van der Waals surface area contributed by atoms with E-state index < -0.39 is 0 Å². The van der Waals surface area contributed by atoms with Gasteiger partial charge in [0.2, 0.25) is 0 Å². The summed E-state index contributed by atoms with van der Waals surface area (Å²) in [6, 6.07) is 16.6. The van der Waals surface area contributed by atoms with Gasteiger partial charge in [-0.05, 0) is 62.1 Å². The van der Waals surface area contributed by atoms with Crippen LogP contribution in [-0.2, 0) is 6.42 Å². The fraction of sp³-hybridized carbons (Fsp3) is 0.400. The van der Waals surface area contributed by atoms with Gasteiger partial charge in [-0.25, -0.2) is 0 Å². The molecule has 3 rings (SSSR count). The second kappa shape index (κ2) is 8.60. The van der Waals surface area contributed by atoms with Gasteiger partial charge in [-0.2, -0.15) is 0 Å². The lowest BCUT2D eigenvalue weighted by Gasteiger charge is -2.11. The van der Waals surface area contributed by atoms with Crippen LogP contribution in [0.4, 0.5) is 5.69 Å². The summed E-state index contributed by atoms with van der Waals surface area (Å²) in [5.74, 6) is 1.58. The van der Waals surface area contributed by atoms with E-state index >= 15 is 0 Å². The highest BCUT2D eigenvalue weighted by atomic mass is 16.5. The summed E-state index contributed by atoms with van der Waals surface area (Å²) in [7, 11) is 0. The minimum atomic E-state index is 0.476. The Hall–Kier alpha value is -2.20. The van der Waals surface area contributed by atoms with Gasteiger partial charge in [0, 0.05) is 6.04 Å². The fourth-order valence-electron chi connectivity index (χ4n) is 2.60. The Labute approximate surface area is 144 Å². The van der Waals surface area contributed by atoms with Crippen LogP contribution in [-0.4, -0.2) is 25.8 Å². The van der Waals surface area contributed by atoms with Crippen LogP contribution in [0.3, 0.4) is 0 Å². The Bertz CT molecular complexity index is 627. The van der Waals surface area contributed by atoms with Gasteiger partial charge in [0.25, 0.3) is 0 Å². The van der Waals surface area contributed by atoms with Gasteiger partial charge in [0.15, 0.2) is 0 Å². The number of hydrogen-bond acceptors (Lipinski definition) is 4. The Kier molecular flexibility index (Phi) is 5.96. The molecule has 24 heavy (non-hydrogen) atoms. The Morgan fingerprint density at radius 3 is 2.54 bits per heavy atom. The summed E-state index contributed by atoms with van der Waals surface area (Å²) >= 11 is 0. The predicted octanol–water partition coefficient (Wildman–Crippen LogP) is 3.41. The predicted molar refractivity (Wildman–Crippen MR) is 97.6 cm³/mol. The molecule has 2 aromatic carbocycles. The quantitative estimate of drug-likeness (QED) is 0.519. The van der Waals surface area contributed by atoms with Crippen molar-refractivity contribution >= 4 is 5.69 Å². The van der Waals surface area contributed by atoms with Crippen molar-refractivity contribution in [3.8, 4) is 11.5 Å². The van der Waals surface area contributed by atoms with E-state index in [-0.39, 0.29) is 0 Å². The lowest BCUT2D eigenvalue weighted by atomic mass is 10.1. The van der Waals surface area contributed by atoms with Crippen LogP contribution in [0.5, 0.6) is 11.5 Å². The van der Waals surface area contributed by atoms with Crippen molar-refractivity contribution in [1.82, 2.24) is 5.32 Å². The zero-order chi connectivity index (χ0) is 16.6. The van der Waals surface area contributed by atoms with Crippen molar-refractivity contribution in [2.24, 2.45) is 0 Å². The molecule has 1 fully saturated rings. The van der Waals surface area contributed by atoms with Crippen LogP contribution in [0.2, 0.25) is 0 Å². The first kappa shape index (κ1) is 16.7. The normalized spacial score (nSPS) is 13.7. The molecule has 1 aliphatic rings. The highest BCUT2D eigenvalue weighted by molar-refractivity contribution is 5.54. The first-order valence-corrected chi connectivity index (χ1v) is 8.74. The molecule has 4 nitrogen and oxygen atoms in total. The number of ether oxygens (including phenoxy) is 2. The number of hydrogen-bond donors (Lipinski definition) is 2. The van der Waals surface area contributed by atoms with Crippen molar-refractivity contribution in [3.63, 3.8) is 0 Å². The van der Waals surface area contributed by atoms with Crippen molar-refractivity contribution in [2.45, 2.75) is 31.7 Å². The number of aryl methyl sites for hydroxylation is 1. The highest BCUT2D eigenvalue weighted by Gasteiger charge is 2.19. The van der Waals surface area contributed by atoms with Gasteiger partial charge >= 0.3 is 0 Å². The molecule has 128 valence electrons. The van der Waals surface area contributed by atoms with Gasteiger partial charge in [-0.15, -0.1) is 0 Å². The summed E-state index contributed by atoms with van der Waals surface area (Å²) in [5.41, 5.74) is 8.05. The molecule has 2 aromatic rings. The number of rotatable bonds is 10. The van der Waals surface area contributed by atoms with Gasteiger partial charge in [-0.3, -0.25) is 0 Å². The van der Waals surface area contributed by atoms with E-state index in [0.29, 0.717) is 18.9 Å². The number of nitrogens with one attached hydrogen (secondary N) is 1. The third kappa shape index (κ3) is 5.46. The van der Waals surface area contributed by atoms with E-state index in [2.05, 4.69) is 11.4 Å². The summed E-state index contributed by atoms with van der Waals surface area (Å²) in [4.78, 5) is 0. The lowest BCUT2D eigenvalue weighted by Crippen LogP contribution is -2.17. The third-order valence-electron chi connectivity index (χ3n) is 4.08. The zero-order valence-corrected chi connectivity index (χ0v) is 14.0. The second-order valence-corrected chi connectivity index (χ2v) is 6.21. The second-order valence-electron chi connectivity index (χ2n) is 6.21. The maximum atomic E-state index is 6.10. The molecule has 0 bridgehead atoms. The molecule has 1 aliphatic carbocycles. The molecule has 0 spiro atoms. The Morgan fingerprint density at radius 2 is 1.79 bits per heavy atom. The van der Waals surface area contributed by atoms with Gasteiger partial charge < -0.3 is 20.5 Å². The number of benzene rings is 2. The minimum absolute atomic E-state index is 0.476. The first-order valence-electron chi connectivity index (χ1n) is 8.74. The first-order chi connectivity index (χ1) is 11.8. The molecule has 0 atom stereocenters. The number of anilines is 1. The molecule has 0 radical (unpaired) electrons. The van der Waals surface area contributed by atoms with Crippen molar-refractivity contribution in [2.75, 3.05) is 25.5 Å². The maximum absolute atomic E-state index is 6.10. The molecule has 0 aromatic heterocycles. The molecule has 1 saturated carbocycles. The summed E-state index contributed by atoms with van der Waals surface area (Å²) in [6.45, 7) is 2.06. The van der Waals surface area contributed by atoms with E-state index in [1.54, 1.807) is 0 Å². The average Bonchev–Trinajstić information content (AvgIpc) is 3.42. The molecule has 0 saturated heterocycles. The smallest absolute Gasteiger partial charge is 0.142 e. The largest absolute Gasteiger partial charge is 0.490 e. The minimum Gasteiger partial charge on any atom is -0.490 e. The van der Waals surface area contributed by atoms with E-state index in [9.17, 15) is 0 Å². The SMILES string of the molecule is Nc1cc(CCCNC2CC2)ccc1OCCOc1ccccc1. The molecular weight excluding hydrogens is 300 g/mol. The van der Waals surface area contributed by atoms with E-state index in [0.717, 1.165) is 36.9 Å². The molecule has 0 amide bonds. The van der Waals surface area contributed by atoms with E-state index in [1.807, 2.05) is 42.5 Å². The van der Waals surface area contributed by atoms with Crippen molar-refractivity contribution in [1.29, 1.82) is 0 Å². The van der Waals surface area contributed by atoms with E-state index in [1.165, 1.54) is 18.4 Å². The topological polar surface area (TPSA) is 56.5 Å². The van der Waals surface area contributed by atoms with Crippen molar-refractivity contribution in [3.05, 3.63) is 54.1 Å². The maximum Gasteiger partial charge on any atom is 0.142 e. The van der Waals surface area contributed by atoms with Gasteiger partial charge in [0.05, 0.1) is 5.69 Å². The third-order valence-corrected chi connectivity index (χ3v) is 4.08. The average molecular weight is 326 g/mol. The van der Waals surface area contributed by atoms with E-state index in [4.69, 9.17) is 15.2 Å². The van der Waals surface area contributed by atoms with Crippen LogP contribution < -0.4 is 20.5 Å². The Balaban J connectivity index is 1.37. The highest BCUT2D eigenvalue weighted by Crippen LogP contribution is 2.23. The molecule has 4 heteroatoms. The van der Waals surface area contributed by atoms with Gasteiger partial charge in [-0.1, -0.05) is 24.3 Å². The molecule has 0 unspecified atom stereocenters. The van der Waals surface area contributed by atoms with Crippen LogP contribution in [0.25, 0.3) is 0 Å². The van der Waals surface area contributed by atoms with Crippen molar-refractivity contribution < 1.29 is 9.47 Å². The summed E-state index contributed by atoms with van der Waals surface area (Å²) < 4.78 is 11.3. The molecule has 0 heterocycles. The summed E-state index contributed by atoms with van der Waals surface area (Å²) in [6.07, 6.45) is 4.86. The number of nitrogens with two attached hydrogens (primary N) is 1. The number of nitrogen functional groups attached to an aromatic ring is 1. The standard InChI is InChI=1S/C20H26N2O2/c21-19-15-16(5-4-12-22-17-9-10-17)8-11-20(19)24-14-13-23-18-6-2-1-3-7-18/h1-3,6-8,11,15,17,22H,4-5,9-10,12-14,21H2. The molecule has 3 N–H and O–H groups in total. The lowest BCUT2D eigenvalue weighted by molar-refractivity contribution is 0.218. The Morgan fingerprint density at radius 1 is 1.00 bits per heavy atom. The molecule has 0 aliphatic heterocycles. The number of para-hydroxylation sites is 1. The van der Waals surface area contributed by atoms with Crippen LogP contribution in [0.15, 0.2) is 48.5 Å². The summed E-state index contributed by atoms with van der Waals surface area (Å²) in [5, 5.41) is 3.53. The monoisotopic (exact) mass is 326 g/mol. The van der Waals surface area contributed by atoms with Crippen LogP contribution in [0, 0.1) is 0 Å². The fourth-order valence-corrected chi connectivity index (χ4v) is 2.60. The zero-order valence-electron chi connectivity index (χ0n) is 14.0. The van der Waals surface area contributed by atoms with Crippen LogP contribution in [0.1, 0.15) is 24.8 Å². The molecular formula is C20H26N2O2. The van der Waals surface area contributed by atoms with Gasteiger partial charge in [0.1, 0.15) is 24.7 Å².